The number of furan rings is 1. The van der Waals surface area contributed by atoms with Crippen molar-refractivity contribution in [2.24, 2.45) is 0 Å². The maximum absolute atomic E-state index is 6.71. The van der Waals surface area contributed by atoms with Gasteiger partial charge in [-0.25, -0.2) is 0 Å². The SMILES string of the molecule is c1ccc(-c2ccc(N(c3cccc(-c4ccccc4)c3)c3ccc4c(c3)oc3cccc(-n5c6ccccc6c6ccccc65)c34)cc2)cc1. The van der Waals surface area contributed by atoms with Crippen LogP contribution < -0.4 is 4.90 Å². The number of nitrogens with zero attached hydrogens (tertiary/aromatic N) is 2. The predicted octanol–water partition coefficient (Wildman–Crippen LogP) is 13.5. The molecule has 0 bridgehead atoms. The molecule has 10 aromatic rings. The standard InChI is InChI=1S/C48H32N2O/c1-3-13-33(14-4-1)35-25-27-37(28-26-35)49(38-18-11-17-36(31-38)34-15-5-2-6-16-34)39-29-30-42-47(32-39)51-46-24-12-23-45(48(42)46)50-43-21-9-7-19-40(43)41-20-8-10-22-44(41)50/h1-32H. The highest BCUT2D eigenvalue weighted by Crippen LogP contribution is 2.42. The van der Waals surface area contributed by atoms with E-state index < -0.39 is 0 Å². The fourth-order valence-electron chi connectivity index (χ4n) is 7.64. The summed E-state index contributed by atoms with van der Waals surface area (Å²) in [5.41, 5.74) is 13.1. The molecule has 0 atom stereocenters. The molecule has 2 heterocycles. The minimum Gasteiger partial charge on any atom is -0.456 e. The molecule has 0 saturated carbocycles. The van der Waals surface area contributed by atoms with E-state index in [-0.39, 0.29) is 0 Å². The highest BCUT2D eigenvalue weighted by Gasteiger charge is 2.20. The minimum absolute atomic E-state index is 0.848. The van der Waals surface area contributed by atoms with Crippen LogP contribution in [0.4, 0.5) is 17.1 Å². The van der Waals surface area contributed by atoms with Crippen molar-refractivity contribution in [2.75, 3.05) is 4.90 Å². The van der Waals surface area contributed by atoms with Crippen LogP contribution in [0.15, 0.2) is 199 Å². The molecule has 0 fully saturated rings. The maximum atomic E-state index is 6.71. The highest BCUT2D eigenvalue weighted by molar-refractivity contribution is 6.14. The molecule has 2 aromatic heterocycles. The molecule has 0 N–H and O–H groups in total. The van der Waals surface area contributed by atoms with Crippen molar-refractivity contribution in [3.63, 3.8) is 0 Å². The second-order valence-electron chi connectivity index (χ2n) is 13.0. The molecule has 0 spiro atoms. The number of anilines is 3. The molecule has 51 heavy (non-hydrogen) atoms. The first-order valence-corrected chi connectivity index (χ1v) is 17.4. The molecule has 0 aliphatic heterocycles. The summed E-state index contributed by atoms with van der Waals surface area (Å²) in [6.45, 7) is 0. The minimum atomic E-state index is 0.848. The number of rotatable bonds is 6. The van der Waals surface area contributed by atoms with Gasteiger partial charge in [-0.15, -0.1) is 0 Å². The van der Waals surface area contributed by atoms with Gasteiger partial charge < -0.3 is 13.9 Å². The van der Waals surface area contributed by atoms with Crippen LogP contribution in [0.1, 0.15) is 0 Å². The first-order valence-electron chi connectivity index (χ1n) is 17.4. The summed E-state index contributed by atoms with van der Waals surface area (Å²) in [6.07, 6.45) is 0. The number of para-hydroxylation sites is 2. The van der Waals surface area contributed by atoms with Gasteiger partial charge in [-0.1, -0.05) is 127 Å². The Labute approximate surface area is 295 Å². The summed E-state index contributed by atoms with van der Waals surface area (Å²) in [5.74, 6) is 0. The molecule has 10 rings (SSSR count). The Hall–Kier alpha value is -6.84. The van der Waals surface area contributed by atoms with Crippen molar-refractivity contribution >= 4 is 60.8 Å². The van der Waals surface area contributed by atoms with Gasteiger partial charge in [-0.05, 0) is 82.9 Å². The van der Waals surface area contributed by atoms with E-state index in [1.165, 1.54) is 44.1 Å². The Bertz CT molecular complexity index is 2790. The zero-order valence-electron chi connectivity index (χ0n) is 27.8. The molecule has 0 unspecified atom stereocenters. The van der Waals surface area contributed by atoms with Gasteiger partial charge >= 0.3 is 0 Å². The van der Waals surface area contributed by atoms with Gasteiger partial charge in [0.1, 0.15) is 11.2 Å². The van der Waals surface area contributed by atoms with Crippen LogP contribution in [0.2, 0.25) is 0 Å². The Balaban J connectivity index is 1.15. The van der Waals surface area contributed by atoms with Crippen molar-refractivity contribution in [1.29, 1.82) is 0 Å². The van der Waals surface area contributed by atoms with E-state index in [2.05, 4.69) is 204 Å². The van der Waals surface area contributed by atoms with Gasteiger partial charge in [-0.3, -0.25) is 0 Å². The van der Waals surface area contributed by atoms with E-state index in [1.54, 1.807) is 0 Å². The molecular formula is C48H32N2O. The van der Waals surface area contributed by atoms with Gasteiger partial charge in [-0.2, -0.15) is 0 Å². The fourth-order valence-corrected chi connectivity index (χ4v) is 7.64. The van der Waals surface area contributed by atoms with Gasteiger partial charge in [0.25, 0.3) is 0 Å². The summed E-state index contributed by atoms with van der Waals surface area (Å²) >= 11 is 0. The van der Waals surface area contributed by atoms with E-state index in [0.29, 0.717) is 0 Å². The second-order valence-corrected chi connectivity index (χ2v) is 13.0. The zero-order chi connectivity index (χ0) is 33.7. The Morgan fingerprint density at radius 3 is 1.61 bits per heavy atom. The first kappa shape index (κ1) is 29.1. The second kappa shape index (κ2) is 11.9. The number of fused-ring (bicyclic) bond motifs is 6. The van der Waals surface area contributed by atoms with Gasteiger partial charge in [0.15, 0.2) is 0 Å². The topological polar surface area (TPSA) is 21.3 Å². The lowest BCUT2D eigenvalue weighted by atomic mass is 10.0. The third-order valence-electron chi connectivity index (χ3n) is 9.98. The fraction of sp³-hybridized carbons (Fsp3) is 0. The summed E-state index contributed by atoms with van der Waals surface area (Å²) in [7, 11) is 0. The van der Waals surface area contributed by atoms with Crippen LogP contribution in [0.25, 0.3) is 71.7 Å². The molecule has 0 aliphatic rings. The summed E-state index contributed by atoms with van der Waals surface area (Å²) in [6, 6.07) is 69.0. The van der Waals surface area contributed by atoms with E-state index in [4.69, 9.17) is 4.42 Å². The van der Waals surface area contributed by atoms with Crippen molar-refractivity contribution in [1.82, 2.24) is 4.57 Å². The number of aromatic nitrogens is 1. The van der Waals surface area contributed by atoms with Crippen molar-refractivity contribution in [3.05, 3.63) is 194 Å². The van der Waals surface area contributed by atoms with Crippen LogP contribution in [0.5, 0.6) is 0 Å². The molecule has 0 amide bonds. The molecule has 8 aromatic carbocycles. The van der Waals surface area contributed by atoms with Gasteiger partial charge in [0.2, 0.25) is 0 Å². The van der Waals surface area contributed by atoms with E-state index >= 15 is 0 Å². The van der Waals surface area contributed by atoms with Crippen LogP contribution in [0, 0.1) is 0 Å². The average molecular weight is 653 g/mol. The lowest BCUT2D eigenvalue weighted by Crippen LogP contribution is -2.10. The van der Waals surface area contributed by atoms with E-state index in [0.717, 1.165) is 44.7 Å². The quantitative estimate of drug-likeness (QED) is 0.178. The molecule has 0 saturated heterocycles. The summed E-state index contributed by atoms with van der Waals surface area (Å²) in [5, 5.41) is 4.68. The van der Waals surface area contributed by atoms with Crippen LogP contribution in [-0.2, 0) is 0 Å². The van der Waals surface area contributed by atoms with Crippen LogP contribution in [0.3, 0.4) is 0 Å². The maximum Gasteiger partial charge on any atom is 0.137 e. The average Bonchev–Trinajstić information content (AvgIpc) is 3.75. The Morgan fingerprint density at radius 2 is 0.902 bits per heavy atom. The molecule has 0 aliphatic carbocycles. The largest absolute Gasteiger partial charge is 0.456 e. The number of hydrogen-bond acceptors (Lipinski definition) is 2. The molecule has 3 nitrogen and oxygen atoms in total. The number of benzene rings is 8. The Morgan fingerprint density at radius 1 is 0.353 bits per heavy atom. The summed E-state index contributed by atoms with van der Waals surface area (Å²) < 4.78 is 9.09. The zero-order valence-corrected chi connectivity index (χ0v) is 27.8. The Kier molecular flexibility index (Phi) is 6.81. The normalized spacial score (nSPS) is 11.5. The number of hydrogen-bond donors (Lipinski definition) is 0. The lowest BCUT2D eigenvalue weighted by molar-refractivity contribution is 0.669. The van der Waals surface area contributed by atoms with Gasteiger partial charge in [0, 0.05) is 39.3 Å². The highest BCUT2D eigenvalue weighted by atomic mass is 16.3. The predicted molar refractivity (Wildman–Crippen MR) is 214 cm³/mol. The van der Waals surface area contributed by atoms with Crippen molar-refractivity contribution < 1.29 is 4.42 Å². The van der Waals surface area contributed by atoms with Crippen molar-refractivity contribution in [2.45, 2.75) is 0 Å². The van der Waals surface area contributed by atoms with E-state index in [1.807, 2.05) is 0 Å². The molecule has 240 valence electrons. The molecular weight excluding hydrogens is 621 g/mol. The molecule has 3 heteroatoms. The summed E-state index contributed by atoms with van der Waals surface area (Å²) in [4.78, 5) is 2.32. The van der Waals surface area contributed by atoms with Crippen molar-refractivity contribution in [3.8, 4) is 27.9 Å². The first-order chi connectivity index (χ1) is 25.3. The van der Waals surface area contributed by atoms with E-state index in [9.17, 15) is 0 Å². The van der Waals surface area contributed by atoms with Crippen LogP contribution in [-0.4, -0.2) is 4.57 Å². The van der Waals surface area contributed by atoms with Crippen LogP contribution >= 0.6 is 0 Å². The third-order valence-corrected chi connectivity index (χ3v) is 9.98. The smallest absolute Gasteiger partial charge is 0.137 e. The van der Waals surface area contributed by atoms with Gasteiger partial charge in [0.05, 0.1) is 22.1 Å². The third kappa shape index (κ3) is 4.90. The molecule has 0 radical (unpaired) electrons. The lowest BCUT2D eigenvalue weighted by Gasteiger charge is -2.26. The monoisotopic (exact) mass is 652 g/mol.